The Morgan fingerprint density at radius 1 is 0.421 bits per heavy atom. The van der Waals surface area contributed by atoms with Gasteiger partial charge in [-0.15, -0.1) is 0 Å². The fourth-order valence-electron chi connectivity index (χ4n) is 8.32. The third-order valence-corrected chi connectivity index (χ3v) is 11.0. The van der Waals surface area contributed by atoms with Crippen LogP contribution in [0, 0.1) is 0 Å². The molecular weight excluding hydrogens is 695 g/mol. The molecule has 0 saturated heterocycles. The van der Waals surface area contributed by atoms with E-state index in [9.17, 15) is 0 Å². The predicted octanol–water partition coefficient (Wildman–Crippen LogP) is 14.5. The topological polar surface area (TPSA) is 34.2 Å². The second-order valence-corrected chi connectivity index (χ2v) is 14.4. The molecule has 57 heavy (non-hydrogen) atoms. The van der Waals surface area contributed by atoms with E-state index in [1.54, 1.807) is 0 Å². The van der Waals surface area contributed by atoms with Crippen molar-refractivity contribution in [1.82, 2.24) is 9.55 Å². The summed E-state index contributed by atoms with van der Waals surface area (Å²) in [5, 5.41) is 4.97. The zero-order valence-electron chi connectivity index (χ0n) is 31.0. The second kappa shape index (κ2) is 13.6. The van der Waals surface area contributed by atoms with Crippen molar-refractivity contribution < 1.29 is 4.42 Å². The first kappa shape index (κ1) is 32.7. The van der Waals surface area contributed by atoms with Gasteiger partial charge in [-0.1, -0.05) is 140 Å². The van der Waals surface area contributed by atoms with Crippen LogP contribution in [0.3, 0.4) is 0 Å². The number of fused-ring (bicyclic) bond motifs is 6. The second-order valence-electron chi connectivity index (χ2n) is 14.4. The number of para-hydroxylation sites is 2. The van der Waals surface area contributed by atoms with Gasteiger partial charge in [-0.05, 0) is 100 Å². The maximum absolute atomic E-state index is 6.42. The average molecular weight is 730 g/mol. The summed E-state index contributed by atoms with van der Waals surface area (Å²) in [6.07, 6.45) is 0. The fourth-order valence-corrected chi connectivity index (χ4v) is 8.32. The van der Waals surface area contributed by atoms with E-state index in [4.69, 9.17) is 9.40 Å². The first-order chi connectivity index (χ1) is 28.3. The molecule has 0 bridgehead atoms. The Morgan fingerprint density at radius 2 is 1.04 bits per heavy atom. The van der Waals surface area contributed by atoms with E-state index in [1.165, 1.54) is 38.2 Å². The number of benzene rings is 9. The summed E-state index contributed by atoms with van der Waals surface area (Å²) in [5.41, 5.74) is 13.7. The standard InChI is InChI=1S/C53H35N3O/c1-4-13-36(14-5-1)37-23-28-42(29-24-37)55(43-30-25-39(26-31-43)46-21-12-22-48-52(46)57-53(54-48)40-16-6-2-7-17-40)44-32-33-47-50(35-44)56(41-18-8-3-9-19-41)49-34-27-38-15-10-11-20-45(38)51(47)49/h1-35H. The molecule has 0 aliphatic heterocycles. The van der Waals surface area contributed by atoms with Crippen molar-refractivity contribution in [2.75, 3.05) is 4.90 Å². The molecule has 0 spiro atoms. The minimum Gasteiger partial charge on any atom is -0.435 e. The molecule has 4 nitrogen and oxygen atoms in total. The highest BCUT2D eigenvalue weighted by molar-refractivity contribution is 6.21. The molecule has 11 rings (SSSR count). The number of anilines is 3. The SMILES string of the molecule is c1ccc(-c2ccc(N(c3ccc(-c4cccc5nc(-c6ccccc6)oc45)cc3)c3ccc4c5c6ccccc6ccc5n(-c5ccccc5)c4c3)cc2)cc1. The van der Waals surface area contributed by atoms with Gasteiger partial charge in [0.2, 0.25) is 5.89 Å². The van der Waals surface area contributed by atoms with Crippen molar-refractivity contribution in [2.45, 2.75) is 0 Å². The fraction of sp³-hybridized carbons (Fsp3) is 0. The van der Waals surface area contributed by atoms with Crippen molar-refractivity contribution in [3.05, 3.63) is 212 Å². The predicted molar refractivity (Wildman–Crippen MR) is 237 cm³/mol. The van der Waals surface area contributed by atoms with Crippen molar-refractivity contribution in [3.8, 4) is 39.4 Å². The van der Waals surface area contributed by atoms with Gasteiger partial charge in [0, 0.05) is 44.6 Å². The summed E-state index contributed by atoms with van der Waals surface area (Å²) in [4.78, 5) is 7.19. The normalized spacial score (nSPS) is 11.5. The summed E-state index contributed by atoms with van der Waals surface area (Å²) >= 11 is 0. The molecule has 0 aliphatic carbocycles. The van der Waals surface area contributed by atoms with Crippen LogP contribution in [0.15, 0.2) is 217 Å². The Hall–Kier alpha value is -7.69. The Balaban J connectivity index is 1.08. The third kappa shape index (κ3) is 5.66. The first-order valence-electron chi connectivity index (χ1n) is 19.3. The lowest BCUT2D eigenvalue weighted by atomic mass is 10.0. The molecule has 0 atom stereocenters. The maximum atomic E-state index is 6.42. The Labute approximate surface area is 330 Å². The van der Waals surface area contributed by atoms with Crippen LogP contribution in [0.5, 0.6) is 0 Å². The molecule has 0 aliphatic rings. The van der Waals surface area contributed by atoms with E-state index in [0.717, 1.165) is 56.1 Å². The molecule has 2 aromatic heterocycles. The zero-order valence-corrected chi connectivity index (χ0v) is 31.0. The van der Waals surface area contributed by atoms with E-state index < -0.39 is 0 Å². The minimum atomic E-state index is 0.621. The number of hydrogen-bond acceptors (Lipinski definition) is 3. The van der Waals surface area contributed by atoms with Crippen LogP contribution in [-0.2, 0) is 0 Å². The highest BCUT2D eigenvalue weighted by Gasteiger charge is 2.20. The zero-order chi connectivity index (χ0) is 37.7. The molecule has 268 valence electrons. The molecule has 11 aromatic rings. The van der Waals surface area contributed by atoms with Gasteiger partial charge in [0.25, 0.3) is 0 Å². The van der Waals surface area contributed by atoms with Crippen LogP contribution in [0.25, 0.3) is 83.1 Å². The van der Waals surface area contributed by atoms with Gasteiger partial charge in [-0.3, -0.25) is 0 Å². The first-order valence-corrected chi connectivity index (χ1v) is 19.3. The van der Waals surface area contributed by atoms with Crippen molar-refractivity contribution in [3.63, 3.8) is 0 Å². The summed E-state index contributed by atoms with van der Waals surface area (Å²) < 4.78 is 8.82. The van der Waals surface area contributed by atoms with E-state index >= 15 is 0 Å². The van der Waals surface area contributed by atoms with Gasteiger partial charge in [0.1, 0.15) is 5.52 Å². The Kier molecular flexibility index (Phi) is 7.78. The van der Waals surface area contributed by atoms with Crippen molar-refractivity contribution in [1.29, 1.82) is 0 Å². The number of hydrogen-bond donors (Lipinski definition) is 0. The minimum absolute atomic E-state index is 0.621. The summed E-state index contributed by atoms with van der Waals surface area (Å²) in [6.45, 7) is 0. The third-order valence-electron chi connectivity index (χ3n) is 11.0. The molecule has 2 heterocycles. The molecular formula is C53H35N3O. The van der Waals surface area contributed by atoms with Crippen LogP contribution in [0.1, 0.15) is 0 Å². The lowest BCUT2D eigenvalue weighted by Gasteiger charge is -2.26. The van der Waals surface area contributed by atoms with E-state index in [2.05, 4.69) is 179 Å². The lowest BCUT2D eigenvalue weighted by Crippen LogP contribution is -2.10. The maximum Gasteiger partial charge on any atom is 0.227 e. The highest BCUT2D eigenvalue weighted by atomic mass is 16.3. The van der Waals surface area contributed by atoms with Crippen LogP contribution in [-0.4, -0.2) is 9.55 Å². The van der Waals surface area contributed by atoms with Gasteiger partial charge in [0.15, 0.2) is 5.58 Å². The number of oxazole rings is 1. The summed E-state index contributed by atoms with van der Waals surface area (Å²) in [6, 6.07) is 75.2. The van der Waals surface area contributed by atoms with Gasteiger partial charge < -0.3 is 13.9 Å². The Bertz CT molecular complexity index is 3200. The van der Waals surface area contributed by atoms with Gasteiger partial charge in [0.05, 0.1) is 11.0 Å². The average Bonchev–Trinajstić information content (AvgIpc) is 3.88. The Morgan fingerprint density at radius 3 is 1.77 bits per heavy atom. The number of aromatic nitrogens is 2. The highest BCUT2D eigenvalue weighted by Crippen LogP contribution is 2.43. The van der Waals surface area contributed by atoms with E-state index in [1.807, 2.05) is 42.5 Å². The van der Waals surface area contributed by atoms with Gasteiger partial charge in [-0.2, -0.15) is 0 Å². The monoisotopic (exact) mass is 729 g/mol. The number of rotatable bonds is 7. The quantitative estimate of drug-likeness (QED) is 0.164. The van der Waals surface area contributed by atoms with E-state index in [0.29, 0.717) is 5.89 Å². The smallest absolute Gasteiger partial charge is 0.227 e. The van der Waals surface area contributed by atoms with E-state index in [-0.39, 0.29) is 0 Å². The molecule has 0 unspecified atom stereocenters. The number of nitrogens with zero attached hydrogens (tertiary/aromatic N) is 3. The molecule has 4 heteroatoms. The molecule has 0 saturated carbocycles. The van der Waals surface area contributed by atoms with Crippen LogP contribution < -0.4 is 4.90 Å². The summed E-state index contributed by atoms with van der Waals surface area (Å²) in [7, 11) is 0. The molecule has 9 aromatic carbocycles. The van der Waals surface area contributed by atoms with Gasteiger partial charge >= 0.3 is 0 Å². The van der Waals surface area contributed by atoms with Crippen molar-refractivity contribution in [2.24, 2.45) is 0 Å². The summed E-state index contributed by atoms with van der Waals surface area (Å²) in [5.74, 6) is 0.621. The van der Waals surface area contributed by atoms with Crippen LogP contribution in [0.4, 0.5) is 17.1 Å². The van der Waals surface area contributed by atoms with Crippen LogP contribution >= 0.6 is 0 Å². The molecule has 0 radical (unpaired) electrons. The molecule has 0 N–H and O–H groups in total. The lowest BCUT2D eigenvalue weighted by molar-refractivity contribution is 0.621. The van der Waals surface area contributed by atoms with Crippen molar-refractivity contribution >= 4 is 60.7 Å². The largest absolute Gasteiger partial charge is 0.435 e. The van der Waals surface area contributed by atoms with Gasteiger partial charge in [-0.25, -0.2) is 4.98 Å². The molecule has 0 fully saturated rings. The molecule has 0 amide bonds. The van der Waals surface area contributed by atoms with Crippen LogP contribution in [0.2, 0.25) is 0 Å².